The molecule has 5 rings (SSSR count). The Morgan fingerprint density at radius 1 is 1.15 bits per heavy atom. The Labute approximate surface area is 202 Å². The van der Waals surface area contributed by atoms with Crippen LogP contribution < -0.4 is 10.2 Å². The van der Waals surface area contributed by atoms with Gasteiger partial charge in [-0.15, -0.1) is 21.5 Å². The first-order chi connectivity index (χ1) is 16.1. The summed E-state index contributed by atoms with van der Waals surface area (Å²) >= 11 is 4.31. The van der Waals surface area contributed by atoms with Gasteiger partial charge in [0.15, 0.2) is 9.50 Å². The van der Waals surface area contributed by atoms with Gasteiger partial charge < -0.3 is 14.8 Å². The number of fused-ring (bicyclic) bond motifs is 2. The second kappa shape index (κ2) is 9.54. The van der Waals surface area contributed by atoms with Crippen LogP contribution in [0.1, 0.15) is 5.56 Å². The largest absolute Gasteiger partial charge is 0.325 e. The van der Waals surface area contributed by atoms with Crippen molar-refractivity contribution in [2.45, 2.75) is 15.9 Å². The Morgan fingerprint density at radius 3 is 2.88 bits per heavy atom. The molecule has 0 spiro atoms. The predicted octanol–water partition coefficient (Wildman–Crippen LogP) is 3.84. The summed E-state index contributed by atoms with van der Waals surface area (Å²) in [5.41, 5.74) is 3.81. The van der Waals surface area contributed by atoms with Crippen molar-refractivity contribution in [1.82, 2.24) is 19.7 Å². The Bertz CT molecular complexity index is 1330. The molecule has 0 aliphatic carbocycles. The van der Waals surface area contributed by atoms with Gasteiger partial charge in [0.25, 0.3) is 0 Å². The van der Waals surface area contributed by atoms with Crippen LogP contribution in [0.2, 0.25) is 0 Å². The number of benzene rings is 2. The summed E-state index contributed by atoms with van der Waals surface area (Å²) in [4.78, 5) is 31.6. The molecule has 0 fully saturated rings. The number of carbonyl (C=O) groups is 2. The standard InChI is InChI=1S/C22H20N6O2S3/c1-27-13-23-26-21(27)31-11-19(29)24-15-6-7-16-18(10-15)33-22(25-16)32-12-20(30)28-9-8-14-4-2-3-5-17(14)28/h2-7,10,13H,8-9,11-12H2,1H3,(H,24,29). The second-order valence-corrected chi connectivity index (χ2v) is 10.6. The van der Waals surface area contributed by atoms with Gasteiger partial charge in [0, 0.05) is 25.0 Å². The molecule has 4 aromatic rings. The van der Waals surface area contributed by atoms with E-state index in [-0.39, 0.29) is 17.6 Å². The molecule has 1 aliphatic heterocycles. The van der Waals surface area contributed by atoms with Gasteiger partial charge in [0.2, 0.25) is 11.8 Å². The Hall–Kier alpha value is -2.89. The third kappa shape index (κ3) is 4.90. The molecule has 2 aromatic heterocycles. The van der Waals surface area contributed by atoms with Crippen molar-refractivity contribution < 1.29 is 9.59 Å². The molecule has 168 valence electrons. The van der Waals surface area contributed by atoms with Crippen molar-refractivity contribution >= 4 is 68.3 Å². The molecule has 0 atom stereocenters. The number of para-hydroxylation sites is 1. The fourth-order valence-electron chi connectivity index (χ4n) is 3.57. The van der Waals surface area contributed by atoms with Crippen molar-refractivity contribution in [3.8, 4) is 0 Å². The minimum atomic E-state index is -0.113. The average Bonchev–Trinajstić information content (AvgIpc) is 3.53. The highest BCUT2D eigenvalue weighted by Gasteiger charge is 2.24. The molecule has 1 N–H and O–H groups in total. The van der Waals surface area contributed by atoms with Crippen molar-refractivity contribution in [1.29, 1.82) is 0 Å². The minimum absolute atomic E-state index is 0.0950. The Balaban J connectivity index is 1.18. The summed E-state index contributed by atoms with van der Waals surface area (Å²) in [5, 5.41) is 11.4. The van der Waals surface area contributed by atoms with E-state index in [9.17, 15) is 9.59 Å². The average molecular weight is 497 g/mol. The maximum absolute atomic E-state index is 12.8. The number of nitrogens with zero attached hydrogens (tertiary/aromatic N) is 5. The van der Waals surface area contributed by atoms with Crippen LogP contribution in [0.3, 0.4) is 0 Å². The fourth-order valence-corrected chi connectivity index (χ4v) is 6.24. The summed E-state index contributed by atoms with van der Waals surface area (Å²) in [6.07, 6.45) is 2.50. The van der Waals surface area contributed by atoms with Gasteiger partial charge in [-0.1, -0.05) is 41.7 Å². The number of carbonyl (C=O) groups excluding carboxylic acids is 2. The number of anilines is 2. The number of hydrogen-bond donors (Lipinski definition) is 1. The van der Waals surface area contributed by atoms with Crippen molar-refractivity contribution in [3.05, 3.63) is 54.4 Å². The van der Waals surface area contributed by atoms with Crippen molar-refractivity contribution in [3.63, 3.8) is 0 Å². The van der Waals surface area contributed by atoms with E-state index >= 15 is 0 Å². The molecule has 11 heteroatoms. The van der Waals surface area contributed by atoms with Crippen LogP contribution in [-0.4, -0.2) is 49.6 Å². The lowest BCUT2D eigenvalue weighted by molar-refractivity contribution is -0.116. The number of nitrogens with one attached hydrogen (secondary N) is 1. The van der Waals surface area contributed by atoms with Gasteiger partial charge >= 0.3 is 0 Å². The van der Waals surface area contributed by atoms with Gasteiger partial charge in [-0.3, -0.25) is 9.59 Å². The third-order valence-corrected chi connectivity index (χ3v) is 8.34. The van der Waals surface area contributed by atoms with E-state index in [1.54, 1.807) is 10.9 Å². The number of hydrogen-bond acceptors (Lipinski definition) is 8. The van der Waals surface area contributed by atoms with Gasteiger partial charge in [-0.05, 0) is 36.2 Å². The van der Waals surface area contributed by atoms with E-state index in [0.29, 0.717) is 10.9 Å². The lowest BCUT2D eigenvalue weighted by atomic mass is 10.2. The molecule has 0 radical (unpaired) electrons. The van der Waals surface area contributed by atoms with Gasteiger partial charge in [0.1, 0.15) is 6.33 Å². The lowest BCUT2D eigenvalue weighted by Crippen LogP contribution is -2.30. The van der Waals surface area contributed by atoms with Crippen LogP contribution >= 0.6 is 34.9 Å². The van der Waals surface area contributed by atoms with Crippen LogP contribution in [0.25, 0.3) is 10.2 Å². The highest BCUT2D eigenvalue weighted by atomic mass is 32.2. The van der Waals surface area contributed by atoms with E-state index in [4.69, 9.17) is 0 Å². The van der Waals surface area contributed by atoms with Crippen molar-refractivity contribution in [2.75, 3.05) is 28.3 Å². The fraction of sp³-hybridized carbons (Fsp3) is 0.227. The molecule has 0 saturated carbocycles. The van der Waals surface area contributed by atoms with Crippen LogP contribution in [0, 0.1) is 0 Å². The summed E-state index contributed by atoms with van der Waals surface area (Å²) in [5.74, 6) is 0.572. The number of amides is 2. The zero-order chi connectivity index (χ0) is 22.8. The lowest BCUT2D eigenvalue weighted by Gasteiger charge is -2.16. The highest BCUT2D eigenvalue weighted by molar-refractivity contribution is 8.01. The minimum Gasteiger partial charge on any atom is -0.325 e. The number of aromatic nitrogens is 4. The van der Waals surface area contributed by atoms with E-state index in [1.807, 2.05) is 48.3 Å². The number of aryl methyl sites for hydroxylation is 1. The van der Waals surface area contributed by atoms with E-state index in [2.05, 4.69) is 26.6 Å². The SMILES string of the molecule is Cn1cnnc1SCC(=O)Nc1ccc2nc(SCC(=O)N3CCc4ccccc43)sc2c1. The van der Waals surface area contributed by atoms with Gasteiger partial charge in [-0.25, -0.2) is 4.98 Å². The summed E-state index contributed by atoms with van der Waals surface area (Å²) in [7, 11) is 1.84. The van der Waals surface area contributed by atoms with Gasteiger partial charge in [-0.2, -0.15) is 0 Å². The quantitative estimate of drug-likeness (QED) is 0.389. The van der Waals surface area contributed by atoms with Crippen LogP contribution in [0.4, 0.5) is 11.4 Å². The first-order valence-electron chi connectivity index (χ1n) is 10.2. The smallest absolute Gasteiger partial charge is 0.237 e. The van der Waals surface area contributed by atoms with Crippen LogP contribution in [0.15, 0.2) is 58.3 Å². The van der Waals surface area contributed by atoms with Crippen LogP contribution in [0.5, 0.6) is 0 Å². The molecule has 1 aliphatic rings. The zero-order valence-corrected chi connectivity index (χ0v) is 20.2. The Morgan fingerprint density at radius 2 is 2.03 bits per heavy atom. The molecule has 8 nitrogen and oxygen atoms in total. The molecular weight excluding hydrogens is 476 g/mol. The number of thioether (sulfide) groups is 2. The molecule has 33 heavy (non-hydrogen) atoms. The first-order valence-corrected chi connectivity index (χ1v) is 13.0. The van der Waals surface area contributed by atoms with Crippen LogP contribution in [-0.2, 0) is 23.1 Å². The zero-order valence-electron chi connectivity index (χ0n) is 17.7. The molecule has 0 saturated heterocycles. The van der Waals surface area contributed by atoms with Gasteiger partial charge in [0.05, 0.1) is 21.7 Å². The molecular formula is C22H20N6O2S3. The maximum atomic E-state index is 12.8. The monoisotopic (exact) mass is 496 g/mol. The predicted molar refractivity (Wildman–Crippen MR) is 133 cm³/mol. The maximum Gasteiger partial charge on any atom is 0.237 e. The topological polar surface area (TPSA) is 93.0 Å². The molecule has 0 bridgehead atoms. The summed E-state index contributed by atoms with van der Waals surface area (Å²) in [6, 6.07) is 13.7. The van der Waals surface area contributed by atoms with Crippen molar-refractivity contribution in [2.24, 2.45) is 7.05 Å². The third-order valence-electron chi connectivity index (χ3n) is 5.16. The Kier molecular flexibility index (Phi) is 6.34. The van der Waals surface area contributed by atoms with E-state index in [0.717, 1.165) is 38.9 Å². The normalized spacial score (nSPS) is 12.8. The molecule has 2 aromatic carbocycles. The van der Waals surface area contributed by atoms with E-state index in [1.165, 1.54) is 40.4 Å². The van der Waals surface area contributed by atoms with E-state index < -0.39 is 0 Å². The number of rotatable bonds is 7. The summed E-state index contributed by atoms with van der Waals surface area (Å²) < 4.78 is 3.58. The molecule has 0 unspecified atom stereocenters. The number of thiazole rings is 1. The first kappa shape index (κ1) is 21.9. The molecule has 2 amide bonds. The summed E-state index contributed by atoms with van der Waals surface area (Å²) in [6.45, 7) is 0.733. The molecule has 3 heterocycles. The second-order valence-electron chi connectivity index (χ2n) is 7.44. The highest BCUT2D eigenvalue weighted by Crippen LogP contribution is 2.33.